The van der Waals surface area contributed by atoms with Crippen LogP contribution in [0.2, 0.25) is 0 Å². The van der Waals surface area contributed by atoms with Crippen molar-refractivity contribution in [2.45, 2.75) is 19.8 Å². The smallest absolute Gasteiger partial charge is 0.321 e. The molecule has 1 aromatic heterocycles. The number of aromatic nitrogens is 4. The molecule has 8 nitrogen and oxygen atoms in total. The van der Waals surface area contributed by atoms with Crippen LogP contribution in [0.25, 0.3) is 5.69 Å². The van der Waals surface area contributed by atoms with Crippen molar-refractivity contribution in [2.75, 3.05) is 25.0 Å². The number of benzene rings is 1. The van der Waals surface area contributed by atoms with Gasteiger partial charge in [0.2, 0.25) is 0 Å². The number of piperidine rings is 1. The second-order valence-corrected chi connectivity index (χ2v) is 5.76. The summed E-state index contributed by atoms with van der Waals surface area (Å²) >= 11 is 0. The van der Waals surface area contributed by atoms with Gasteiger partial charge in [0, 0.05) is 25.4 Å². The summed E-state index contributed by atoms with van der Waals surface area (Å²) in [4.78, 5) is 14.1. The highest BCUT2D eigenvalue weighted by Crippen LogP contribution is 2.19. The number of nitrogens with one attached hydrogen (secondary N) is 1. The molecule has 1 unspecified atom stereocenters. The van der Waals surface area contributed by atoms with Crippen LogP contribution >= 0.6 is 0 Å². The number of likely N-dealkylation sites (tertiary alicyclic amines) is 1. The molecule has 1 aromatic carbocycles. The Hall–Kier alpha value is -2.48. The Morgan fingerprint density at radius 1 is 1.48 bits per heavy atom. The van der Waals surface area contributed by atoms with E-state index in [1.165, 1.54) is 0 Å². The molecule has 0 radical (unpaired) electrons. The van der Waals surface area contributed by atoms with Crippen molar-refractivity contribution in [1.82, 2.24) is 25.1 Å². The molecular formula is C15H20N6O2. The van der Waals surface area contributed by atoms with E-state index in [4.69, 9.17) is 0 Å². The van der Waals surface area contributed by atoms with E-state index < -0.39 is 0 Å². The number of rotatable bonds is 3. The maximum atomic E-state index is 12.4. The quantitative estimate of drug-likeness (QED) is 0.887. The first kappa shape index (κ1) is 15.4. The lowest BCUT2D eigenvalue weighted by Gasteiger charge is -2.31. The van der Waals surface area contributed by atoms with Crippen LogP contribution in [0.5, 0.6) is 0 Å². The summed E-state index contributed by atoms with van der Waals surface area (Å²) in [6.45, 7) is 3.24. The summed E-state index contributed by atoms with van der Waals surface area (Å²) in [5.74, 6) is 0.847. The molecule has 2 amide bonds. The lowest BCUT2D eigenvalue weighted by atomic mass is 9.99. The Labute approximate surface area is 134 Å². The second-order valence-electron chi connectivity index (χ2n) is 5.76. The zero-order chi connectivity index (χ0) is 16.2. The first-order chi connectivity index (χ1) is 11.2. The van der Waals surface area contributed by atoms with Gasteiger partial charge in [0.05, 0.1) is 5.69 Å². The van der Waals surface area contributed by atoms with Gasteiger partial charge >= 0.3 is 6.03 Å². The van der Waals surface area contributed by atoms with E-state index in [1.807, 2.05) is 31.2 Å². The monoisotopic (exact) mass is 316 g/mol. The summed E-state index contributed by atoms with van der Waals surface area (Å²) in [6.07, 6.45) is 1.89. The number of aryl methyl sites for hydroxylation is 1. The van der Waals surface area contributed by atoms with Crippen LogP contribution in [0.1, 0.15) is 18.7 Å². The largest absolute Gasteiger partial charge is 0.396 e. The Kier molecular flexibility index (Phi) is 4.52. The zero-order valence-corrected chi connectivity index (χ0v) is 13.0. The molecule has 2 N–H and O–H groups in total. The number of tetrazole rings is 1. The third-order valence-electron chi connectivity index (χ3n) is 4.03. The number of hydrogen-bond acceptors (Lipinski definition) is 5. The molecule has 2 heterocycles. The molecule has 1 fully saturated rings. The molecule has 1 aliphatic heterocycles. The van der Waals surface area contributed by atoms with Crippen molar-refractivity contribution in [3.8, 4) is 5.69 Å². The second kappa shape index (κ2) is 6.74. The molecule has 1 aliphatic rings. The predicted molar refractivity (Wildman–Crippen MR) is 84.3 cm³/mol. The SMILES string of the molecule is Cc1nnnn1-c1cccc(NC(=O)N2CCCC(CO)C2)c1. The number of urea groups is 1. The molecule has 0 saturated carbocycles. The van der Waals surface area contributed by atoms with Gasteiger partial charge in [-0.3, -0.25) is 0 Å². The number of hydrogen-bond donors (Lipinski definition) is 2. The van der Waals surface area contributed by atoms with Crippen molar-refractivity contribution in [2.24, 2.45) is 5.92 Å². The van der Waals surface area contributed by atoms with E-state index in [-0.39, 0.29) is 18.6 Å². The van der Waals surface area contributed by atoms with Crippen molar-refractivity contribution in [3.63, 3.8) is 0 Å². The third-order valence-corrected chi connectivity index (χ3v) is 4.03. The molecule has 1 atom stereocenters. The molecule has 122 valence electrons. The molecule has 2 aromatic rings. The van der Waals surface area contributed by atoms with Gasteiger partial charge in [-0.15, -0.1) is 5.10 Å². The van der Waals surface area contributed by atoms with E-state index in [0.717, 1.165) is 18.5 Å². The van der Waals surface area contributed by atoms with E-state index >= 15 is 0 Å². The number of amides is 2. The van der Waals surface area contributed by atoms with Crippen LogP contribution in [0.4, 0.5) is 10.5 Å². The van der Waals surface area contributed by atoms with Crippen molar-refractivity contribution in [3.05, 3.63) is 30.1 Å². The summed E-state index contributed by atoms with van der Waals surface area (Å²) in [6, 6.07) is 7.23. The normalized spacial score (nSPS) is 18.0. The zero-order valence-electron chi connectivity index (χ0n) is 13.0. The number of nitrogens with zero attached hydrogens (tertiary/aromatic N) is 5. The first-order valence-corrected chi connectivity index (χ1v) is 7.69. The van der Waals surface area contributed by atoms with Gasteiger partial charge in [-0.25, -0.2) is 4.79 Å². The Balaban J connectivity index is 1.70. The molecule has 0 spiro atoms. The van der Waals surface area contributed by atoms with Gasteiger partial charge in [0.15, 0.2) is 5.82 Å². The highest BCUT2D eigenvalue weighted by atomic mass is 16.3. The number of carbonyl (C=O) groups is 1. The number of carbonyl (C=O) groups excluding carboxylic acids is 1. The fourth-order valence-electron chi connectivity index (χ4n) is 2.79. The summed E-state index contributed by atoms with van der Waals surface area (Å²) in [7, 11) is 0. The number of anilines is 1. The van der Waals surface area contributed by atoms with Crippen molar-refractivity contribution in [1.29, 1.82) is 0 Å². The average Bonchev–Trinajstić information content (AvgIpc) is 3.01. The van der Waals surface area contributed by atoms with Gasteiger partial charge in [0.1, 0.15) is 0 Å². The van der Waals surface area contributed by atoms with Crippen LogP contribution in [0.15, 0.2) is 24.3 Å². The molecule has 3 rings (SSSR count). The van der Waals surface area contributed by atoms with Crippen molar-refractivity contribution < 1.29 is 9.90 Å². The predicted octanol–water partition coefficient (Wildman–Crippen LogP) is 1.21. The van der Waals surface area contributed by atoms with E-state index in [0.29, 0.717) is 24.6 Å². The minimum Gasteiger partial charge on any atom is -0.396 e. The maximum Gasteiger partial charge on any atom is 0.321 e. The molecule has 0 bridgehead atoms. The number of aliphatic hydroxyl groups is 1. The minimum absolute atomic E-state index is 0.123. The third kappa shape index (κ3) is 3.48. The van der Waals surface area contributed by atoms with Gasteiger partial charge in [-0.2, -0.15) is 4.68 Å². The molecule has 1 saturated heterocycles. The van der Waals surface area contributed by atoms with Crippen molar-refractivity contribution >= 4 is 11.7 Å². The Bertz CT molecular complexity index is 686. The molecule has 8 heteroatoms. The highest BCUT2D eigenvalue weighted by molar-refractivity contribution is 5.89. The van der Waals surface area contributed by atoms with E-state index in [1.54, 1.807) is 9.58 Å². The lowest BCUT2D eigenvalue weighted by molar-refractivity contribution is 0.136. The van der Waals surface area contributed by atoms with E-state index in [9.17, 15) is 9.90 Å². The number of aliphatic hydroxyl groups excluding tert-OH is 1. The van der Waals surface area contributed by atoms with Crippen LogP contribution in [-0.4, -0.2) is 55.9 Å². The van der Waals surface area contributed by atoms with Crippen LogP contribution < -0.4 is 5.32 Å². The molecule has 0 aliphatic carbocycles. The Morgan fingerprint density at radius 2 is 2.35 bits per heavy atom. The lowest BCUT2D eigenvalue weighted by Crippen LogP contribution is -2.43. The van der Waals surface area contributed by atoms with Gasteiger partial charge in [-0.1, -0.05) is 6.07 Å². The van der Waals surface area contributed by atoms with Gasteiger partial charge in [-0.05, 0) is 54.3 Å². The van der Waals surface area contributed by atoms with Crippen LogP contribution in [-0.2, 0) is 0 Å². The standard InChI is InChI=1S/C15H20N6O2/c1-11-17-18-19-21(11)14-6-2-5-13(8-14)16-15(23)20-7-3-4-12(9-20)10-22/h2,5-6,8,12,22H,3-4,7,9-10H2,1H3,(H,16,23). The van der Waals surface area contributed by atoms with Crippen LogP contribution in [0, 0.1) is 12.8 Å². The summed E-state index contributed by atoms with van der Waals surface area (Å²) in [5, 5.41) is 23.6. The Morgan fingerprint density at radius 3 is 3.09 bits per heavy atom. The fraction of sp³-hybridized carbons (Fsp3) is 0.467. The van der Waals surface area contributed by atoms with Gasteiger partial charge in [0.25, 0.3) is 0 Å². The first-order valence-electron chi connectivity index (χ1n) is 7.69. The minimum atomic E-state index is -0.145. The topological polar surface area (TPSA) is 96.2 Å². The maximum absolute atomic E-state index is 12.4. The summed E-state index contributed by atoms with van der Waals surface area (Å²) < 4.78 is 1.61. The fourth-order valence-corrected chi connectivity index (χ4v) is 2.79. The molecule has 23 heavy (non-hydrogen) atoms. The van der Waals surface area contributed by atoms with E-state index in [2.05, 4.69) is 20.8 Å². The van der Waals surface area contributed by atoms with Crippen LogP contribution in [0.3, 0.4) is 0 Å². The highest BCUT2D eigenvalue weighted by Gasteiger charge is 2.23. The molecular weight excluding hydrogens is 296 g/mol. The van der Waals surface area contributed by atoms with Gasteiger partial charge < -0.3 is 15.3 Å². The summed E-state index contributed by atoms with van der Waals surface area (Å²) in [5.41, 5.74) is 1.48. The average molecular weight is 316 g/mol.